The van der Waals surface area contributed by atoms with Gasteiger partial charge in [-0.1, -0.05) is 18.2 Å². The van der Waals surface area contributed by atoms with E-state index in [0.29, 0.717) is 76.0 Å². The largest absolute Gasteiger partial charge is 0.493 e. The van der Waals surface area contributed by atoms with E-state index in [0.717, 1.165) is 5.39 Å². The number of ketones is 2. The van der Waals surface area contributed by atoms with Crippen LogP contribution in [0.4, 0.5) is 0 Å². The van der Waals surface area contributed by atoms with Gasteiger partial charge in [0.15, 0.2) is 23.1 Å². The number of fused-ring (bicyclic) bond motifs is 2. The first-order valence-electron chi connectivity index (χ1n) is 13.9. The first-order chi connectivity index (χ1) is 20.9. The Morgan fingerprint density at radius 3 is 2.40 bits per heavy atom. The Balaban J connectivity index is 1.30. The van der Waals surface area contributed by atoms with E-state index >= 15 is 0 Å². The normalized spacial score (nSPS) is 12.6. The van der Waals surface area contributed by atoms with Crippen molar-refractivity contribution in [2.75, 3.05) is 14.2 Å². The molecule has 2 aromatic carbocycles. The molecule has 5 aromatic rings. The molecule has 9 heteroatoms. The van der Waals surface area contributed by atoms with E-state index in [4.69, 9.17) is 14.2 Å². The zero-order valence-corrected chi connectivity index (χ0v) is 24.0. The van der Waals surface area contributed by atoms with E-state index in [2.05, 4.69) is 9.97 Å². The smallest absolute Gasteiger partial charge is 0.266 e. The second-order valence-electron chi connectivity index (χ2n) is 10.3. The van der Waals surface area contributed by atoms with Gasteiger partial charge in [0.25, 0.3) is 5.56 Å². The summed E-state index contributed by atoms with van der Waals surface area (Å²) in [6, 6.07) is 17.8. The van der Waals surface area contributed by atoms with Gasteiger partial charge < -0.3 is 14.2 Å². The summed E-state index contributed by atoms with van der Waals surface area (Å²) in [6.07, 6.45) is 4.72. The molecule has 0 saturated heterocycles. The van der Waals surface area contributed by atoms with Crippen molar-refractivity contribution in [3.05, 3.63) is 111 Å². The molecule has 0 amide bonds. The first-order valence-corrected chi connectivity index (χ1v) is 13.9. The second kappa shape index (κ2) is 11.5. The minimum atomic E-state index is -0.418. The Labute approximate surface area is 247 Å². The Hall–Kier alpha value is -5.31. The quantitative estimate of drug-likeness (QED) is 0.212. The number of carbonyl (C=O) groups is 2. The van der Waals surface area contributed by atoms with Crippen LogP contribution in [0.2, 0.25) is 0 Å². The number of aromatic nitrogens is 3. The molecule has 1 aliphatic rings. The highest BCUT2D eigenvalue weighted by atomic mass is 16.5. The van der Waals surface area contributed by atoms with Crippen molar-refractivity contribution in [2.24, 2.45) is 0 Å². The Morgan fingerprint density at radius 1 is 0.907 bits per heavy atom. The van der Waals surface area contributed by atoms with Crippen LogP contribution in [-0.2, 0) is 12.8 Å². The lowest BCUT2D eigenvalue weighted by Crippen LogP contribution is -2.34. The number of rotatable bonds is 8. The van der Waals surface area contributed by atoms with E-state index in [1.807, 2.05) is 30.3 Å². The number of hydrogen-bond donors (Lipinski definition) is 0. The predicted octanol–water partition coefficient (Wildman–Crippen LogP) is 5.84. The number of methoxy groups -OCH3 is 2. The zero-order chi connectivity index (χ0) is 30.1. The molecule has 3 aromatic heterocycles. The molecule has 0 unspecified atom stereocenters. The second-order valence-corrected chi connectivity index (χ2v) is 10.3. The Bertz CT molecular complexity index is 1930. The third-order valence-corrected chi connectivity index (χ3v) is 7.69. The minimum Gasteiger partial charge on any atom is -0.493 e. The lowest BCUT2D eigenvalue weighted by atomic mass is 9.87. The number of Topliss-reactive ketones (excluding diaryl/α,β-unsaturated/α-hetero) is 2. The topological polar surface area (TPSA) is 110 Å². The number of pyridine rings is 3. The number of nitrogens with zero attached hydrogens (tertiary/aromatic N) is 3. The van der Waals surface area contributed by atoms with Gasteiger partial charge in [-0.3, -0.25) is 28.9 Å². The molecule has 0 fully saturated rings. The maximum atomic E-state index is 13.8. The van der Waals surface area contributed by atoms with Gasteiger partial charge in [0.1, 0.15) is 11.5 Å². The zero-order valence-electron chi connectivity index (χ0n) is 24.0. The summed E-state index contributed by atoms with van der Waals surface area (Å²) in [4.78, 5) is 49.3. The molecule has 3 heterocycles. The third-order valence-electron chi connectivity index (χ3n) is 7.69. The number of para-hydroxylation sites is 1. The highest BCUT2D eigenvalue weighted by molar-refractivity contribution is 6.05. The molecule has 0 N–H and O–H groups in total. The van der Waals surface area contributed by atoms with Crippen LogP contribution < -0.4 is 19.8 Å². The SMILES string of the molecule is COc1cc2nccc(Oc3ccc(CC(=O)c4c(C)c5c(n(-c6ccccc6)c4=O)CCCC5=O)nc3)c2cc1OC. The van der Waals surface area contributed by atoms with Crippen molar-refractivity contribution in [1.29, 1.82) is 0 Å². The number of benzene rings is 2. The molecule has 1 aliphatic carbocycles. The van der Waals surface area contributed by atoms with E-state index in [1.165, 1.54) is 10.8 Å². The van der Waals surface area contributed by atoms with Crippen LogP contribution >= 0.6 is 0 Å². The highest BCUT2D eigenvalue weighted by Crippen LogP contribution is 2.37. The van der Waals surface area contributed by atoms with E-state index in [9.17, 15) is 14.4 Å². The van der Waals surface area contributed by atoms with Crippen molar-refractivity contribution in [3.63, 3.8) is 0 Å². The molecular formula is C34H29N3O6. The van der Waals surface area contributed by atoms with Crippen molar-refractivity contribution in [1.82, 2.24) is 14.5 Å². The van der Waals surface area contributed by atoms with Gasteiger partial charge in [0.05, 0.1) is 37.9 Å². The van der Waals surface area contributed by atoms with Crippen molar-refractivity contribution >= 4 is 22.5 Å². The summed E-state index contributed by atoms with van der Waals surface area (Å²) in [5, 5.41) is 0.728. The van der Waals surface area contributed by atoms with Crippen molar-refractivity contribution in [3.8, 4) is 28.7 Å². The lowest BCUT2D eigenvalue weighted by molar-refractivity contribution is 0.0970. The first kappa shape index (κ1) is 27.8. The van der Waals surface area contributed by atoms with Gasteiger partial charge in [-0.15, -0.1) is 0 Å². The van der Waals surface area contributed by atoms with Gasteiger partial charge in [0.2, 0.25) is 0 Å². The van der Waals surface area contributed by atoms with Gasteiger partial charge in [-0.2, -0.15) is 0 Å². The number of hydrogen-bond acceptors (Lipinski definition) is 8. The third kappa shape index (κ3) is 5.14. The fraction of sp³-hybridized carbons (Fsp3) is 0.206. The molecule has 6 rings (SSSR count). The number of carbonyl (C=O) groups excluding carboxylic acids is 2. The molecule has 0 saturated carbocycles. The van der Waals surface area contributed by atoms with Gasteiger partial charge in [0, 0.05) is 46.7 Å². The molecule has 0 spiro atoms. The van der Waals surface area contributed by atoms with Gasteiger partial charge in [-0.25, -0.2) is 0 Å². The highest BCUT2D eigenvalue weighted by Gasteiger charge is 2.29. The molecule has 0 bridgehead atoms. The summed E-state index contributed by atoms with van der Waals surface area (Å²) in [5.74, 6) is 1.68. The van der Waals surface area contributed by atoms with Crippen LogP contribution in [0.25, 0.3) is 16.6 Å². The standard InChI is InChI=1S/C34H29N3O6/c1-20-32-26(10-7-11-27(32)38)37(22-8-5-4-6-9-22)34(40)33(20)28(39)16-21-12-13-23(19-36-21)43-29-14-15-35-25-18-31(42-3)30(41-2)17-24(25)29/h4-6,8-9,12-15,17-19H,7,10-11,16H2,1-3H3. The van der Waals surface area contributed by atoms with Gasteiger partial charge in [-0.05, 0) is 61.7 Å². The fourth-order valence-corrected chi connectivity index (χ4v) is 5.67. The van der Waals surface area contributed by atoms with Crippen LogP contribution in [0.5, 0.6) is 23.0 Å². The molecular weight excluding hydrogens is 546 g/mol. The minimum absolute atomic E-state index is 0.0209. The lowest BCUT2D eigenvalue weighted by Gasteiger charge is -2.24. The molecule has 216 valence electrons. The summed E-state index contributed by atoms with van der Waals surface area (Å²) in [7, 11) is 3.12. The molecule has 0 aliphatic heterocycles. The maximum Gasteiger partial charge on any atom is 0.266 e. The molecule has 0 atom stereocenters. The van der Waals surface area contributed by atoms with E-state index in [1.54, 1.807) is 57.7 Å². The van der Waals surface area contributed by atoms with Crippen LogP contribution in [0.3, 0.4) is 0 Å². The Morgan fingerprint density at radius 2 is 1.67 bits per heavy atom. The van der Waals surface area contributed by atoms with Crippen LogP contribution in [0.15, 0.2) is 77.9 Å². The van der Waals surface area contributed by atoms with Crippen LogP contribution in [-0.4, -0.2) is 40.3 Å². The maximum absolute atomic E-state index is 13.8. The van der Waals surface area contributed by atoms with Crippen LogP contribution in [0.1, 0.15) is 50.5 Å². The average molecular weight is 576 g/mol. The van der Waals surface area contributed by atoms with Crippen molar-refractivity contribution < 1.29 is 23.8 Å². The monoisotopic (exact) mass is 575 g/mol. The Kier molecular flexibility index (Phi) is 7.46. The fourth-order valence-electron chi connectivity index (χ4n) is 5.67. The van der Waals surface area contributed by atoms with Crippen LogP contribution in [0, 0.1) is 6.92 Å². The molecule has 9 nitrogen and oxygen atoms in total. The molecule has 43 heavy (non-hydrogen) atoms. The molecule has 0 radical (unpaired) electrons. The summed E-state index contributed by atoms with van der Waals surface area (Å²) in [6.45, 7) is 1.69. The number of ether oxygens (including phenoxy) is 3. The van der Waals surface area contributed by atoms with E-state index < -0.39 is 11.3 Å². The van der Waals surface area contributed by atoms with E-state index in [-0.39, 0.29) is 17.8 Å². The van der Waals surface area contributed by atoms with Gasteiger partial charge >= 0.3 is 0 Å². The summed E-state index contributed by atoms with van der Waals surface area (Å²) < 4.78 is 18.4. The van der Waals surface area contributed by atoms with Crippen molar-refractivity contribution in [2.45, 2.75) is 32.6 Å². The summed E-state index contributed by atoms with van der Waals surface area (Å²) >= 11 is 0. The predicted molar refractivity (Wildman–Crippen MR) is 161 cm³/mol. The summed E-state index contributed by atoms with van der Waals surface area (Å²) in [5.41, 5.74) is 2.97. The average Bonchev–Trinajstić information content (AvgIpc) is 3.02.